The van der Waals surface area contributed by atoms with Gasteiger partial charge in [0.2, 0.25) is 0 Å². The van der Waals surface area contributed by atoms with Gasteiger partial charge in [0.15, 0.2) is 0 Å². The number of unbranched alkanes of at least 4 members (excludes halogenated alkanes) is 5. The molecule has 2 nitrogen and oxygen atoms in total. The number of hydrogen-bond donors (Lipinski definition) is 0. The maximum absolute atomic E-state index is 12.0. The molecular formula is C21H34O2. The standard InChI is InChI=1S/C21H34O2/c1-3-5-6-7-8-9-10-15-11-16-13-18-19(14-17(16)12-15)20(18)21(22)23-4-2/h15,18-20H,3-14H2,1-2H3/t15?,18-,19+,20?. The van der Waals surface area contributed by atoms with Crippen molar-refractivity contribution in [3.05, 3.63) is 11.1 Å². The molecule has 0 aromatic carbocycles. The van der Waals surface area contributed by atoms with E-state index < -0.39 is 0 Å². The smallest absolute Gasteiger partial charge is 0.309 e. The van der Waals surface area contributed by atoms with E-state index in [-0.39, 0.29) is 11.9 Å². The average Bonchev–Trinajstić information content (AvgIpc) is 3.08. The van der Waals surface area contributed by atoms with Crippen LogP contribution in [-0.2, 0) is 9.53 Å². The minimum Gasteiger partial charge on any atom is -0.466 e. The summed E-state index contributed by atoms with van der Waals surface area (Å²) >= 11 is 0. The molecule has 0 saturated heterocycles. The van der Waals surface area contributed by atoms with Crippen LogP contribution >= 0.6 is 0 Å². The number of rotatable bonds is 9. The van der Waals surface area contributed by atoms with Crippen LogP contribution in [0.4, 0.5) is 0 Å². The van der Waals surface area contributed by atoms with Crippen molar-refractivity contribution in [2.75, 3.05) is 6.61 Å². The molecule has 3 aliphatic rings. The Morgan fingerprint density at radius 2 is 1.52 bits per heavy atom. The summed E-state index contributed by atoms with van der Waals surface area (Å²) in [4.78, 5) is 12.0. The summed E-state index contributed by atoms with van der Waals surface area (Å²) in [5.74, 6) is 2.48. The van der Waals surface area contributed by atoms with Gasteiger partial charge in [-0.15, -0.1) is 0 Å². The summed E-state index contributed by atoms with van der Waals surface area (Å²) in [6.07, 6.45) is 15.0. The van der Waals surface area contributed by atoms with Gasteiger partial charge < -0.3 is 4.74 Å². The minimum absolute atomic E-state index is 0.0762. The van der Waals surface area contributed by atoms with Gasteiger partial charge in [0.1, 0.15) is 0 Å². The van der Waals surface area contributed by atoms with Crippen molar-refractivity contribution >= 4 is 5.97 Å². The second-order valence-corrected chi connectivity index (χ2v) is 8.05. The van der Waals surface area contributed by atoms with Crippen molar-refractivity contribution in [2.24, 2.45) is 23.7 Å². The fourth-order valence-corrected chi connectivity index (χ4v) is 5.09. The molecule has 0 N–H and O–H groups in total. The lowest BCUT2D eigenvalue weighted by molar-refractivity contribution is -0.145. The molecule has 0 radical (unpaired) electrons. The van der Waals surface area contributed by atoms with E-state index >= 15 is 0 Å². The third kappa shape index (κ3) is 4.00. The quantitative estimate of drug-likeness (QED) is 0.311. The lowest BCUT2D eigenvalue weighted by Gasteiger charge is -2.11. The Hall–Kier alpha value is -0.790. The highest BCUT2D eigenvalue weighted by atomic mass is 16.5. The Bertz CT molecular complexity index is 427. The Morgan fingerprint density at radius 1 is 0.913 bits per heavy atom. The molecule has 3 aliphatic carbocycles. The van der Waals surface area contributed by atoms with Crippen LogP contribution in [0.1, 0.15) is 84.5 Å². The highest BCUT2D eigenvalue weighted by Gasteiger charge is 2.58. The lowest BCUT2D eigenvalue weighted by atomic mass is 9.94. The first kappa shape index (κ1) is 17.0. The molecule has 4 atom stereocenters. The molecule has 0 aromatic heterocycles. The minimum atomic E-state index is 0.0762. The Labute approximate surface area is 142 Å². The van der Waals surface area contributed by atoms with Crippen LogP contribution in [-0.4, -0.2) is 12.6 Å². The normalized spacial score (nSPS) is 31.7. The van der Waals surface area contributed by atoms with E-state index in [0.717, 1.165) is 5.92 Å². The van der Waals surface area contributed by atoms with Gasteiger partial charge in [-0.25, -0.2) is 0 Å². The maximum Gasteiger partial charge on any atom is 0.309 e. The van der Waals surface area contributed by atoms with Gasteiger partial charge in [-0.1, -0.05) is 56.6 Å². The molecule has 0 spiro atoms. The third-order valence-electron chi connectivity index (χ3n) is 6.39. The van der Waals surface area contributed by atoms with Gasteiger partial charge in [0.05, 0.1) is 12.5 Å². The second kappa shape index (κ2) is 7.85. The Balaban J connectivity index is 1.35. The van der Waals surface area contributed by atoms with E-state index in [0.29, 0.717) is 18.4 Å². The Morgan fingerprint density at radius 3 is 2.13 bits per heavy atom. The lowest BCUT2D eigenvalue weighted by Crippen LogP contribution is -2.08. The van der Waals surface area contributed by atoms with E-state index in [9.17, 15) is 4.79 Å². The molecule has 2 unspecified atom stereocenters. The van der Waals surface area contributed by atoms with Gasteiger partial charge in [0, 0.05) is 0 Å². The molecular weight excluding hydrogens is 284 g/mol. The maximum atomic E-state index is 12.0. The molecule has 1 fully saturated rings. The van der Waals surface area contributed by atoms with Crippen molar-refractivity contribution < 1.29 is 9.53 Å². The van der Waals surface area contributed by atoms with Gasteiger partial charge in [-0.2, -0.15) is 0 Å². The summed E-state index contributed by atoms with van der Waals surface area (Å²) in [6.45, 7) is 4.73. The number of ether oxygens (including phenoxy) is 1. The van der Waals surface area contributed by atoms with E-state index in [1.165, 1.54) is 70.6 Å². The first-order valence-electron chi connectivity index (χ1n) is 10.1. The van der Waals surface area contributed by atoms with E-state index in [1.54, 1.807) is 11.1 Å². The van der Waals surface area contributed by atoms with Crippen LogP contribution in [0.15, 0.2) is 11.1 Å². The van der Waals surface area contributed by atoms with E-state index in [2.05, 4.69) is 6.92 Å². The summed E-state index contributed by atoms with van der Waals surface area (Å²) < 4.78 is 5.24. The fraction of sp³-hybridized carbons (Fsp3) is 0.857. The molecule has 0 aromatic rings. The SMILES string of the molecule is CCCCCCCCC1CC2=C(C1)C[C@H]1C(C(=O)OCC)[C@H]1C2. The predicted molar refractivity (Wildman–Crippen MR) is 94.1 cm³/mol. The van der Waals surface area contributed by atoms with Crippen molar-refractivity contribution in [2.45, 2.75) is 84.5 Å². The number of esters is 1. The summed E-state index contributed by atoms with van der Waals surface area (Å²) in [5, 5.41) is 0. The van der Waals surface area contributed by atoms with Crippen molar-refractivity contribution in [3.63, 3.8) is 0 Å². The van der Waals surface area contributed by atoms with E-state index in [4.69, 9.17) is 4.74 Å². The monoisotopic (exact) mass is 318 g/mol. The first-order chi connectivity index (χ1) is 11.2. The fourth-order valence-electron chi connectivity index (χ4n) is 5.09. The zero-order chi connectivity index (χ0) is 16.2. The molecule has 0 heterocycles. The molecule has 3 rings (SSSR count). The number of fused-ring (bicyclic) bond motifs is 1. The van der Waals surface area contributed by atoms with Crippen molar-refractivity contribution in [1.29, 1.82) is 0 Å². The number of carbonyl (C=O) groups excluding carboxylic acids is 1. The molecule has 23 heavy (non-hydrogen) atoms. The zero-order valence-corrected chi connectivity index (χ0v) is 15.1. The number of hydrogen-bond acceptors (Lipinski definition) is 2. The highest BCUT2D eigenvalue weighted by Crippen LogP contribution is 2.60. The number of allylic oxidation sites excluding steroid dienone is 2. The van der Waals surface area contributed by atoms with Gasteiger partial charge in [-0.3, -0.25) is 4.79 Å². The average molecular weight is 319 g/mol. The summed E-state index contributed by atoms with van der Waals surface area (Å²) in [5.41, 5.74) is 3.46. The third-order valence-corrected chi connectivity index (χ3v) is 6.39. The van der Waals surface area contributed by atoms with Crippen LogP contribution in [0.2, 0.25) is 0 Å². The van der Waals surface area contributed by atoms with Crippen LogP contribution in [0.25, 0.3) is 0 Å². The molecule has 0 aliphatic heterocycles. The van der Waals surface area contributed by atoms with Crippen molar-refractivity contribution in [1.82, 2.24) is 0 Å². The largest absolute Gasteiger partial charge is 0.466 e. The molecule has 130 valence electrons. The summed E-state index contributed by atoms with van der Waals surface area (Å²) in [7, 11) is 0. The van der Waals surface area contributed by atoms with E-state index in [1.807, 2.05) is 6.92 Å². The topological polar surface area (TPSA) is 26.3 Å². The van der Waals surface area contributed by atoms with Gasteiger partial charge in [-0.05, 0) is 56.8 Å². The van der Waals surface area contributed by atoms with Crippen molar-refractivity contribution in [3.8, 4) is 0 Å². The van der Waals surface area contributed by atoms with Crippen LogP contribution in [0.3, 0.4) is 0 Å². The first-order valence-corrected chi connectivity index (χ1v) is 10.1. The summed E-state index contributed by atoms with van der Waals surface area (Å²) in [6, 6.07) is 0. The molecule has 0 amide bonds. The van der Waals surface area contributed by atoms with Crippen LogP contribution < -0.4 is 0 Å². The van der Waals surface area contributed by atoms with Gasteiger partial charge in [0.25, 0.3) is 0 Å². The van der Waals surface area contributed by atoms with Crippen LogP contribution in [0, 0.1) is 23.7 Å². The zero-order valence-electron chi connectivity index (χ0n) is 15.1. The second-order valence-electron chi connectivity index (χ2n) is 8.05. The molecule has 1 saturated carbocycles. The highest BCUT2D eigenvalue weighted by molar-refractivity contribution is 5.77. The molecule has 0 bridgehead atoms. The van der Waals surface area contributed by atoms with Crippen LogP contribution in [0.5, 0.6) is 0 Å². The molecule has 2 heteroatoms. The predicted octanol–water partition coefficient (Wildman–Crippen LogP) is 5.66. The number of carbonyl (C=O) groups is 1. The van der Waals surface area contributed by atoms with Gasteiger partial charge >= 0.3 is 5.97 Å². The Kier molecular flexibility index (Phi) is 5.82.